The number of benzene rings is 1. The third kappa shape index (κ3) is 7.73. The normalized spacial score (nSPS) is 19.2. The molecule has 0 saturated carbocycles. The van der Waals surface area contributed by atoms with E-state index in [4.69, 9.17) is 15.5 Å². The summed E-state index contributed by atoms with van der Waals surface area (Å²) in [5, 5.41) is 0. The molecule has 2 atom stereocenters. The molecule has 2 saturated heterocycles. The van der Waals surface area contributed by atoms with Crippen molar-refractivity contribution in [3.63, 3.8) is 0 Å². The number of carbonyl (C=O) groups excluding carboxylic acids is 3. The van der Waals surface area contributed by atoms with Gasteiger partial charge in [0.25, 0.3) is 0 Å². The van der Waals surface area contributed by atoms with Gasteiger partial charge in [-0.25, -0.2) is 14.2 Å². The standard InChI is InChI=1S/C39H58FN5O4/c1-7-11-19-38(20-12-8-2)39(21-13-9-3,22-14-10-4)45(24-23-44(38)29(6)46)35-18-15-30(26-42-35)32-17-16-31(25-33(32)40)43-27-34(49-37(43)48)28(5)36(41)47/h15-18,25-26,28,34H,7-14,19-24,27H2,1-6H3,(H2,41,47). The number of amides is 3. The molecule has 0 spiro atoms. The molecule has 0 aliphatic carbocycles. The predicted octanol–water partition coefficient (Wildman–Crippen LogP) is 8.24. The van der Waals surface area contributed by atoms with Crippen molar-refractivity contribution >= 4 is 29.4 Å². The Morgan fingerprint density at radius 2 is 1.53 bits per heavy atom. The lowest BCUT2D eigenvalue weighted by Crippen LogP contribution is -2.77. The Labute approximate surface area is 292 Å². The fourth-order valence-electron chi connectivity index (χ4n) is 8.27. The van der Waals surface area contributed by atoms with Gasteiger partial charge in [0.15, 0.2) is 0 Å². The molecular weight excluding hydrogens is 621 g/mol. The van der Waals surface area contributed by atoms with Gasteiger partial charge in [0.1, 0.15) is 17.7 Å². The molecule has 270 valence electrons. The molecule has 0 bridgehead atoms. The third-order valence-corrected chi connectivity index (χ3v) is 11.0. The summed E-state index contributed by atoms with van der Waals surface area (Å²) in [5.41, 5.74) is 6.19. The molecule has 3 heterocycles. The second-order valence-electron chi connectivity index (χ2n) is 14.1. The Kier molecular flexibility index (Phi) is 13.1. The second kappa shape index (κ2) is 16.8. The van der Waals surface area contributed by atoms with Gasteiger partial charge in [0, 0.05) is 37.3 Å². The SMILES string of the molecule is CCCCC1(CCCC)N(C(C)=O)CCN(c2ccc(-c3ccc(N4CC(C(C)C(N)=O)OC4=O)cc3F)cn2)C1(CCCC)CCCC. The van der Waals surface area contributed by atoms with E-state index in [1.165, 1.54) is 11.0 Å². The summed E-state index contributed by atoms with van der Waals surface area (Å²) < 4.78 is 21.0. The molecule has 4 rings (SSSR count). The summed E-state index contributed by atoms with van der Waals surface area (Å²) in [5.74, 6) is -0.674. The van der Waals surface area contributed by atoms with E-state index in [-0.39, 0.29) is 23.5 Å². The van der Waals surface area contributed by atoms with Gasteiger partial charge in [0.2, 0.25) is 11.8 Å². The number of hydrogen-bond acceptors (Lipinski definition) is 6. The molecular formula is C39H58FN5O4. The lowest BCUT2D eigenvalue weighted by Gasteiger charge is -2.65. The quantitative estimate of drug-likeness (QED) is 0.180. The topological polar surface area (TPSA) is 109 Å². The maximum atomic E-state index is 15.7. The number of hydrogen-bond donors (Lipinski definition) is 1. The number of carbonyl (C=O) groups is 3. The zero-order chi connectivity index (χ0) is 35.8. The number of cyclic esters (lactones) is 1. The number of pyridine rings is 1. The molecule has 2 aromatic rings. The van der Waals surface area contributed by atoms with Crippen LogP contribution in [0.5, 0.6) is 0 Å². The molecule has 2 unspecified atom stereocenters. The van der Waals surface area contributed by atoms with Crippen molar-refractivity contribution in [3.8, 4) is 11.1 Å². The molecule has 49 heavy (non-hydrogen) atoms. The highest BCUT2D eigenvalue weighted by molar-refractivity contribution is 5.91. The number of primary amides is 1. The van der Waals surface area contributed by atoms with Gasteiger partial charge in [-0.05, 0) is 62.9 Å². The van der Waals surface area contributed by atoms with Crippen LogP contribution in [0.15, 0.2) is 36.5 Å². The fourth-order valence-corrected chi connectivity index (χ4v) is 8.27. The highest BCUT2D eigenvalue weighted by atomic mass is 19.1. The van der Waals surface area contributed by atoms with E-state index in [1.807, 2.05) is 12.1 Å². The van der Waals surface area contributed by atoms with Crippen molar-refractivity contribution in [1.29, 1.82) is 0 Å². The molecule has 0 radical (unpaired) electrons. The van der Waals surface area contributed by atoms with Crippen molar-refractivity contribution in [2.45, 2.75) is 136 Å². The molecule has 3 amide bonds. The Morgan fingerprint density at radius 3 is 2.02 bits per heavy atom. The Morgan fingerprint density at radius 1 is 0.939 bits per heavy atom. The van der Waals surface area contributed by atoms with Crippen molar-refractivity contribution in [2.75, 3.05) is 29.4 Å². The Hall–Kier alpha value is -3.69. The van der Waals surface area contributed by atoms with Crippen LogP contribution < -0.4 is 15.5 Å². The minimum atomic E-state index is -0.689. The van der Waals surface area contributed by atoms with Gasteiger partial charge in [-0.15, -0.1) is 0 Å². The maximum absolute atomic E-state index is 15.7. The number of ether oxygens (including phenoxy) is 1. The van der Waals surface area contributed by atoms with Crippen molar-refractivity contribution in [2.24, 2.45) is 11.7 Å². The van der Waals surface area contributed by atoms with Crippen LogP contribution in [-0.4, -0.2) is 64.6 Å². The lowest BCUT2D eigenvalue weighted by molar-refractivity contribution is -0.144. The summed E-state index contributed by atoms with van der Waals surface area (Å²) in [6.45, 7) is 13.8. The number of unbranched alkanes of at least 4 members (excludes halogenated alkanes) is 4. The van der Waals surface area contributed by atoms with Crippen LogP contribution in [0, 0.1) is 11.7 Å². The van der Waals surface area contributed by atoms with E-state index in [1.54, 1.807) is 32.2 Å². The van der Waals surface area contributed by atoms with Crippen molar-refractivity contribution in [3.05, 3.63) is 42.3 Å². The first-order chi connectivity index (χ1) is 23.5. The molecule has 2 aliphatic heterocycles. The van der Waals surface area contributed by atoms with Gasteiger partial charge in [-0.2, -0.15) is 0 Å². The Bertz CT molecular complexity index is 1420. The van der Waals surface area contributed by atoms with Crippen LogP contribution in [0.2, 0.25) is 0 Å². The first-order valence-corrected chi connectivity index (χ1v) is 18.6. The molecule has 2 fully saturated rings. The van der Waals surface area contributed by atoms with Crippen LogP contribution in [0.1, 0.15) is 119 Å². The molecule has 2 aliphatic rings. The first kappa shape index (κ1) is 38.1. The third-order valence-electron chi connectivity index (χ3n) is 11.0. The Balaban J connectivity index is 1.72. The van der Waals surface area contributed by atoms with Gasteiger partial charge in [0.05, 0.1) is 29.2 Å². The molecule has 2 N–H and O–H groups in total. The zero-order valence-corrected chi connectivity index (χ0v) is 30.6. The number of rotatable bonds is 17. The summed E-state index contributed by atoms with van der Waals surface area (Å²) in [6, 6.07) is 8.59. The fraction of sp³-hybridized carbons (Fsp3) is 0.641. The van der Waals surface area contributed by atoms with Gasteiger partial charge < -0.3 is 20.3 Å². The summed E-state index contributed by atoms with van der Waals surface area (Å²) in [6.07, 6.45) is 12.8. The number of nitrogens with two attached hydrogens (primary N) is 1. The van der Waals surface area contributed by atoms with Crippen LogP contribution in [0.25, 0.3) is 11.1 Å². The molecule has 9 nitrogen and oxygen atoms in total. The molecule has 1 aromatic heterocycles. The van der Waals surface area contributed by atoms with Crippen molar-refractivity contribution < 1.29 is 23.5 Å². The predicted molar refractivity (Wildman–Crippen MR) is 194 cm³/mol. The van der Waals surface area contributed by atoms with E-state index in [2.05, 4.69) is 37.5 Å². The van der Waals surface area contributed by atoms with Crippen LogP contribution >= 0.6 is 0 Å². The average molecular weight is 680 g/mol. The average Bonchev–Trinajstić information content (AvgIpc) is 3.49. The first-order valence-electron chi connectivity index (χ1n) is 18.6. The number of aromatic nitrogens is 1. The van der Waals surface area contributed by atoms with Gasteiger partial charge >= 0.3 is 6.09 Å². The summed E-state index contributed by atoms with van der Waals surface area (Å²) >= 11 is 0. The highest BCUT2D eigenvalue weighted by Gasteiger charge is 2.59. The number of anilines is 2. The van der Waals surface area contributed by atoms with Crippen LogP contribution in [-0.2, 0) is 14.3 Å². The van der Waals surface area contributed by atoms with Crippen LogP contribution in [0.3, 0.4) is 0 Å². The highest BCUT2D eigenvalue weighted by Crippen LogP contribution is 2.51. The number of nitrogens with zero attached hydrogens (tertiary/aromatic N) is 4. The monoisotopic (exact) mass is 679 g/mol. The molecule has 1 aromatic carbocycles. The van der Waals surface area contributed by atoms with E-state index in [0.717, 1.165) is 82.9 Å². The summed E-state index contributed by atoms with van der Waals surface area (Å²) in [4.78, 5) is 48.8. The largest absolute Gasteiger partial charge is 0.443 e. The van der Waals surface area contributed by atoms with E-state index < -0.39 is 29.8 Å². The van der Waals surface area contributed by atoms with Crippen molar-refractivity contribution in [1.82, 2.24) is 9.88 Å². The molecule has 10 heteroatoms. The number of halogens is 1. The minimum Gasteiger partial charge on any atom is -0.443 e. The number of piperazine rings is 1. The minimum absolute atomic E-state index is 0.116. The van der Waals surface area contributed by atoms with E-state index >= 15 is 4.39 Å². The van der Waals surface area contributed by atoms with Gasteiger partial charge in [-0.1, -0.05) is 79.1 Å². The van der Waals surface area contributed by atoms with E-state index in [9.17, 15) is 14.4 Å². The maximum Gasteiger partial charge on any atom is 0.414 e. The van der Waals surface area contributed by atoms with E-state index in [0.29, 0.717) is 29.9 Å². The van der Waals surface area contributed by atoms with Gasteiger partial charge in [-0.3, -0.25) is 14.5 Å². The summed E-state index contributed by atoms with van der Waals surface area (Å²) in [7, 11) is 0. The smallest absolute Gasteiger partial charge is 0.414 e. The van der Waals surface area contributed by atoms with Crippen LogP contribution in [0.4, 0.5) is 20.7 Å². The zero-order valence-electron chi connectivity index (χ0n) is 30.6. The lowest BCUT2D eigenvalue weighted by atomic mass is 9.62. The second-order valence-corrected chi connectivity index (χ2v) is 14.1.